The van der Waals surface area contributed by atoms with E-state index in [1.165, 1.54) is 49.6 Å². The van der Waals surface area contributed by atoms with Gasteiger partial charge in [0.05, 0.1) is 40.1 Å². The zero-order valence-corrected chi connectivity index (χ0v) is 34.1. The van der Waals surface area contributed by atoms with Crippen LogP contribution < -0.4 is 4.74 Å². The Labute approximate surface area is 364 Å². The number of benzene rings is 2. The van der Waals surface area contributed by atoms with Crippen LogP contribution in [0, 0.1) is 0 Å². The van der Waals surface area contributed by atoms with Crippen LogP contribution in [0.2, 0.25) is 0 Å². The molecule has 2 aromatic rings. The molecule has 0 aliphatic carbocycles. The van der Waals surface area contributed by atoms with Gasteiger partial charge in [0.2, 0.25) is 0 Å². The van der Waals surface area contributed by atoms with Crippen LogP contribution in [0.25, 0.3) is 6.08 Å². The maximum Gasteiger partial charge on any atom is 0.331 e. The molecule has 0 amide bonds. The Bertz CT molecular complexity index is 1850. The number of ether oxygens (including phenoxy) is 10. The van der Waals surface area contributed by atoms with Crippen LogP contribution in [0.1, 0.15) is 11.1 Å². The van der Waals surface area contributed by atoms with Crippen molar-refractivity contribution in [3.05, 3.63) is 53.6 Å². The summed E-state index contributed by atoms with van der Waals surface area (Å²) in [5.74, 6) is -2.06. The molecule has 18 atom stereocenters. The van der Waals surface area contributed by atoms with E-state index in [2.05, 4.69) is 0 Å². The van der Waals surface area contributed by atoms with Crippen LogP contribution in [0.15, 0.2) is 42.5 Å². The lowest BCUT2D eigenvalue weighted by molar-refractivity contribution is -0.389. The largest absolute Gasteiger partial charge is 0.504 e. The highest BCUT2D eigenvalue weighted by molar-refractivity contribution is 5.87. The third-order valence-corrected chi connectivity index (χ3v) is 10.9. The van der Waals surface area contributed by atoms with Crippen molar-refractivity contribution in [1.82, 2.24) is 0 Å². The van der Waals surface area contributed by atoms with Gasteiger partial charge in [0.1, 0.15) is 79.4 Å². The van der Waals surface area contributed by atoms with E-state index in [1.54, 1.807) is 0 Å². The van der Waals surface area contributed by atoms with Crippen molar-refractivity contribution < 1.29 is 119 Å². The van der Waals surface area contributed by atoms with Crippen LogP contribution in [0.5, 0.6) is 23.0 Å². The summed E-state index contributed by atoms with van der Waals surface area (Å²) in [5, 5.41) is 135. The lowest BCUT2D eigenvalue weighted by Crippen LogP contribution is -2.67. The molecule has 0 saturated carbocycles. The molecule has 2 aromatic carbocycles. The van der Waals surface area contributed by atoms with Crippen molar-refractivity contribution in [3.63, 3.8) is 0 Å². The average Bonchev–Trinajstić information content (AvgIpc) is 3.28. The number of esters is 1. The van der Waals surface area contributed by atoms with Crippen molar-refractivity contribution in [2.75, 3.05) is 40.1 Å². The highest BCUT2D eigenvalue weighted by Gasteiger charge is 2.56. The average molecular weight is 919 g/mol. The molecular weight excluding hydrogens is 864 g/mol. The number of phenols is 3. The number of hydrogen-bond acceptors (Lipinski definition) is 24. The Morgan fingerprint density at radius 2 is 1.28 bits per heavy atom. The quantitative estimate of drug-likeness (QED) is 0.0427. The molecule has 24 nitrogen and oxygen atoms in total. The topological polar surface area (TPSA) is 372 Å². The third-order valence-electron chi connectivity index (χ3n) is 10.9. The van der Waals surface area contributed by atoms with Gasteiger partial charge in [-0.3, -0.25) is 0 Å². The highest BCUT2D eigenvalue weighted by atomic mass is 16.8. The van der Waals surface area contributed by atoms with Crippen LogP contribution in [-0.4, -0.2) is 223 Å². The molecule has 4 heterocycles. The fourth-order valence-corrected chi connectivity index (χ4v) is 7.25. The second-order valence-electron chi connectivity index (χ2n) is 15.4. The Balaban J connectivity index is 1.39. The minimum absolute atomic E-state index is 0.0286. The highest BCUT2D eigenvalue weighted by Crippen LogP contribution is 2.36. The van der Waals surface area contributed by atoms with E-state index in [1.807, 2.05) is 0 Å². The third kappa shape index (κ3) is 11.6. The van der Waals surface area contributed by atoms with Crippen molar-refractivity contribution in [1.29, 1.82) is 0 Å². The van der Waals surface area contributed by atoms with Crippen LogP contribution in [0.4, 0.5) is 0 Å². The number of phenolic OH excluding ortho intramolecular Hbond substituents is 3. The van der Waals surface area contributed by atoms with Crippen LogP contribution >= 0.6 is 0 Å². The second-order valence-corrected chi connectivity index (χ2v) is 15.4. The summed E-state index contributed by atoms with van der Waals surface area (Å²) in [4.78, 5) is 13.8. The molecule has 0 radical (unpaired) electrons. The molecule has 4 fully saturated rings. The Hall–Kier alpha value is -3.87. The number of carbonyl (C=O) groups is 1. The SMILES string of the molecule is COc1cc(/C=C/C(=O)O[C@H]2[C@H](O[C@@H]3O[C@H](CO)[C@@H](O)[C@H](O)[C@H]3O)[C@@H](O[C@@H]3OC[C@H](O)[C@H](O)[C@H]3O)[C@H](OCCc3ccc(O)c(O)c3)O[C@@H]2CO[C@@H]2OC[C@@H](O)[C@H](O)[C@H]2O)ccc1O. The van der Waals surface area contributed by atoms with E-state index in [9.17, 15) is 71.2 Å². The number of methoxy groups -OCH3 is 1. The fraction of sp³-hybridized carbons (Fsp3) is 0.625. The number of aromatic hydroxyl groups is 3. The van der Waals surface area contributed by atoms with Gasteiger partial charge in [-0.2, -0.15) is 0 Å². The molecule has 0 bridgehead atoms. The summed E-state index contributed by atoms with van der Waals surface area (Å²) in [7, 11) is 1.31. The first-order valence-electron chi connectivity index (χ1n) is 20.1. The summed E-state index contributed by atoms with van der Waals surface area (Å²) in [6.07, 6.45) is -29.6. The predicted octanol–water partition coefficient (Wildman–Crippen LogP) is -4.81. The van der Waals surface area contributed by atoms with Gasteiger partial charge in [0.25, 0.3) is 0 Å². The van der Waals surface area contributed by atoms with E-state index in [0.717, 1.165) is 6.08 Å². The van der Waals surface area contributed by atoms with Gasteiger partial charge >= 0.3 is 5.97 Å². The second kappa shape index (κ2) is 22.1. The lowest BCUT2D eigenvalue weighted by Gasteiger charge is -2.49. The monoisotopic (exact) mass is 918 g/mol. The molecule has 0 aromatic heterocycles. The standard InChI is InChI=1S/C40H54O24/c1-55-23-11-16(3-6-19(23)43)4-7-26(47)62-34-25(15-59-37-31(52)27(48)21(45)13-57-37)61-40(56-9-8-17-2-5-18(42)20(44)10-17)36(64-38-32(53)28(49)22(46)14-58-38)35(34)63-39-33(54)30(51)29(50)24(12-41)60-39/h2-7,10-11,21-22,24-25,27-46,48-54H,8-9,12-15H2,1H3/b7-4+/t21-,22+,24-,25-,27+,28+,29-,30+,31-,32-,33-,34-,35+,36-,37+,38+,39+,40-/m1/s1. The minimum atomic E-state index is -2.06. The van der Waals surface area contributed by atoms with E-state index < -0.39 is 155 Å². The van der Waals surface area contributed by atoms with Crippen molar-refractivity contribution >= 4 is 12.0 Å². The molecule has 64 heavy (non-hydrogen) atoms. The summed E-state index contributed by atoms with van der Waals surface area (Å²) >= 11 is 0. The molecule has 6 rings (SSSR count). The smallest absolute Gasteiger partial charge is 0.331 e. The van der Waals surface area contributed by atoms with E-state index in [-0.39, 0.29) is 24.5 Å². The van der Waals surface area contributed by atoms with Crippen molar-refractivity contribution in [2.24, 2.45) is 0 Å². The van der Waals surface area contributed by atoms with Crippen LogP contribution in [-0.2, 0) is 53.8 Å². The molecule has 0 unspecified atom stereocenters. The van der Waals surface area contributed by atoms with Crippen LogP contribution in [0.3, 0.4) is 0 Å². The van der Waals surface area contributed by atoms with Crippen molar-refractivity contribution in [3.8, 4) is 23.0 Å². The summed E-state index contributed by atoms with van der Waals surface area (Å²) in [6.45, 7) is -2.90. The lowest BCUT2D eigenvalue weighted by atomic mass is 9.96. The first kappa shape index (κ1) is 49.6. The molecule has 358 valence electrons. The molecule has 13 N–H and O–H groups in total. The molecule has 4 aliphatic rings. The molecule has 0 spiro atoms. The predicted molar refractivity (Wildman–Crippen MR) is 207 cm³/mol. The number of rotatable bonds is 16. The zero-order valence-electron chi connectivity index (χ0n) is 34.1. The maximum atomic E-state index is 13.8. The van der Waals surface area contributed by atoms with Gasteiger partial charge in [-0.1, -0.05) is 12.1 Å². The number of aliphatic hydroxyl groups is 10. The van der Waals surface area contributed by atoms with Gasteiger partial charge in [-0.25, -0.2) is 4.79 Å². The molecule has 4 saturated heterocycles. The Morgan fingerprint density at radius 1 is 0.656 bits per heavy atom. The normalized spacial score (nSPS) is 38.2. The van der Waals surface area contributed by atoms with E-state index in [4.69, 9.17) is 47.4 Å². The Kier molecular flexibility index (Phi) is 17.1. The number of hydrogen-bond donors (Lipinski definition) is 13. The van der Waals surface area contributed by atoms with Gasteiger partial charge < -0.3 is 114 Å². The maximum absolute atomic E-state index is 13.8. The van der Waals surface area contributed by atoms with E-state index in [0.29, 0.717) is 11.1 Å². The Morgan fingerprint density at radius 3 is 1.95 bits per heavy atom. The first-order valence-corrected chi connectivity index (χ1v) is 20.1. The van der Waals surface area contributed by atoms with Gasteiger partial charge in [0, 0.05) is 6.08 Å². The van der Waals surface area contributed by atoms with Crippen molar-refractivity contribution in [2.45, 2.75) is 117 Å². The summed E-state index contributed by atoms with van der Waals surface area (Å²) in [6, 6.07) is 8.12. The fourth-order valence-electron chi connectivity index (χ4n) is 7.25. The molecular formula is C40H54O24. The minimum Gasteiger partial charge on any atom is -0.504 e. The van der Waals surface area contributed by atoms with Gasteiger partial charge in [-0.05, 0) is 47.9 Å². The van der Waals surface area contributed by atoms with Gasteiger partial charge in [-0.15, -0.1) is 0 Å². The zero-order chi connectivity index (χ0) is 46.4. The molecule has 24 heteroatoms. The molecule has 4 aliphatic heterocycles. The number of carbonyl (C=O) groups excluding carboxylic acids is 1. The van der Waals surface area contributed by atoms with Gasteiger partial charge in [0.15, 0.2) is 54.3 Å². The number of aliphatic hydroxyl groups excluding tert-OH is 10. The van der Waals surface area contributed by atoms with E-state index >= 15 is 0 Å². The first-order chi connectivity index (χ1) is 30.5. The summed E-state index contributed by atoms with van der Waals surface area (Å²) in [5.41, 5.74) is 0.806. The summed E-state index contributed by atoms with van der Waals surface area (Å²) < 4.78 is 58.3.